The molecule has 148 valence electrons. The molecule has 0 aromatic heterocycles. The third-order valence-corrected chi connectivity index (χ3v) is 4.21. The Labute approximate surface area is 163 Å². The highest BCUT2D eigenvalue weighted by Gasteiger charge is 2.20. The fraction of sp³-hybridized carbons (Fsp3) is 0.318. The van der Waals surface area contributed by atoms with Crippen LogP contribution in [0.25, 0.3) is 0 Å². The number of ketones is 1. The van der Waals surface area contributed by atoms with Gasteiger partial charge in [0.2, 0.25) is 5.78 Å². The Morgan fingerprint density at radius 2 is 1.50 bits per heavy atom. The van der Waals surface area contributed by atoms with Gasteiger partial charge in [-0.05, 0) is 54.3 Å². The number of benzene rings is 2. The van der Waals surface area contributed by atoms with Gasteiger partial charge in [-0.2, -0.15) is 0 Å². The van der Waals surface area contributed by atoms with Gasteiger partial charge in [0.05, 0.1) is 0 Å². The number of esters is 1. The van der Waals surface area contributed by atoms with Crippen molar-refractivity contribution in [2.24, 2.45) is 0 Å². The van der Waals surface area contributed by atoms with Crippen molar-refractivity contribution >= 4 is 17.7 Å². The number of hydrogen-bond donors (Lipinski definition) is 1. The Morgan fingerprint density at radius 1 is 0.964 bits per heavy atom. The number of halogens is 1. The highest BCUT2D eigenvalue weighted by atomic mass is 19.1. The summed E-state index contributed by atoms with van der Waals surface area (Å²) in [6, 6.07) is 12.1. The van der Waals surface area contributed by atoms with E-state index in [1.54, 1.807) is 12.1 Å². The molecule has 28 heavy (non-hydrogen) atoms. The molecule has 0 aliphatic rings. The largest absolute Gasteiger partial charge is 0.453 e. The quantitative estimate of drug-likeness (QED) is 0.608. The van der Waals surface area contributed by atoms with Crippen molar-refractivity contribution in [1.29, 1.82) is 0 Å². The van der Waals surface area contributed by atoms with E-state index in [4.69, 9.17) is 4.74 Å². The van der Waals surface area contributed by atoms with Crippen LogP contribution in [-0.2, 0) is 14.9 Å². The third kappa shape index (κ3) is 5.74. The monoisotopic (exact) mass is 385 g/mol. The van der Waals surface area contributed by atoms with Crippen LogP contribution < -0.4 is 5.32 Å². The van der Waals surface area contributed by atoms with Gasteiger partial charge in [0, 0.05) is 11.1 Å². The Bertz CT molecular complexity index is 852. The summed E-state index contributed by atoms with van der Waals surface area (Å²) in [6.45, 7) is 7.29. The molecule has 0 heterocycles. The summed E-state index contributed by atoms with van der Waals surface area (Å²) in [4.78, 5) is 36.3. The van der Waals surface area contributed by atoms with E-state index in [1.165, 1.54) is 19.1 Å². The van der Waals surface area contributed by atoms with Crippen molar-refractivity contribution in [3.63, 3.8) is 0 Å². The molecule has 1 amide bonds. The van der Waals surface area contributed by atoms with Crippen LogP contribution in [0.3, 0.4) is 0 Å². The molecule has 1 atom stereocenters. The number of ether oxygens (including phenoxy) is 1. The van der Waals surface area contributed by atoms with Gasteiger partial charge in [-0.15, -0.1) is 0 Å². The fourth-order valence-corrected chi connectivity index (χ4v) is 2.52. The Hall–Kier alpha value is -3.02. The van der Waals surface area contributed by atoms with Crippen LogP contribution in [0.4, 0.5) is 4.39 Å². The Balaban J connectivity index is 1.86. The number of hydrogen-bond acceptors (Lipinski definition) is 4. The smallest absolute Gasteiger partial charge is 0.326 e. The van der Waals surface area contributed by atoms with Crippen molar-refractivity contribution in [3.8, 4) is 0 Å². The summed E-state index contributed by atoms with van der Waals surface area (Å²) in [6.07, 6.45) is -1.04. The minimum absolute atomic E-state index is 0.0218. The number of nitrogens with one attached hydrogen (secondary N) is 1. The summed E-state index contributed by atoms with van der Waals surface area (Å²) in [5.74, 6) is -2.05. The third-order valence-electron chi connectivity index (χ3n) is 4.21. The van der Waals surface area contributed by atoms with Gasteiger partial charge in [0.25, 0.3) is 5.91 Å². The molecule has 0 aliphatic carbocycles. The van der Waals surface area contributed by atoms with Crippen molar-refractivity contribution in [3.05, 3.63) is 71.0 Å². The van der Waals surface area contributed by atoms with E-state index in [1.807, 2.05) is 12.1 Å². The Kier molecular flexibility index (Phi) is 6.67. The maximum atomic E-state index is 12.9. The van der Waals surface area contributed by atoms with Crippen LogP contribution in [0.2, 0.25) is 0 Å². The second kappa shape index (κ2) is 8.78. The predicted octanol–water partition coefficient (Wildman–Crippen LogP) is 3.67. The maximum Gasteiger partial charge on any atom is 0.326 e. The second-order valence-corrected chi connectivity index (χ2v) is 7.51. The van der Waals surface area contributed by atoms with E-state index < -0.39 is 29.6 Å². The lowest BCUT2D eigenvalue weighted by molar-refractivity contribution is -0.145. The van der Waals surface area contributed by atoms with Gasteiger partial charge in [-0.1, -0.05) is 32.9 Å². The normalized spacial score (nSPS) is 12.2. The van der Waals surface area contributed by atoms with E-state index in [2.05, 4.69) is 26.1 Å². The van der Waals surface area contributed by atoms with Crippen LogP contribution >= 0.6 is 0 Å². The SMILES string of the molecule is C[C@H](OC(=O)CNC(=O)c1ccc(C(C)(C)C)cc1)C(=O)c1ccc(F)cc1. The standard InChI is InChI=1S/C22H24FNO4/c1-14(20(26)15-7-11-18(23)12-8-15)28-19(25)13-24-21(27)16-5-9-17(10-6-16)22(2,3)4/h5-12,14H,13H2,1-4H3,(H,24,27)/t14-/m0/s1. The molecular weight excluding hydrogens is 361 g/mol. The summed E-state index contributed by atoms with van der Waals surface area (Å²) >= 11 is 0. The lowest BCUT2D eigenvalue weighted by atomic mass is 9.87. The number of carbonyl (C=O) groups excluding carboxylic acids is 3. The summed E-state index contributed by atoms with van der Waals surface area (Å²) < 4.78 is 18.0. The van der Waals surface area contributed by atoms with Gasteiger partial charge < -0.3 is 10.1 Å². The molecule has 0 unspecified atom stereocenters. The lowest BCUT2D eigenvalue weighted by Gasteiger charge is -2.19. The number of rotatable bonds is 6. The lowest BCUT2D eigenvalue weighted by Crippen LogP contribution is -2.34. The predicted molar refractivity (Wildman–Crippen MR) is 104 cm³/mol. The summed E-state index contributed by atoms with van der Waals surface area (Å²) in [7, 11) is 0. The molecule has 2 aromatic rings. The molecule has 6 heteroatoms. The first-order valence-corrected chi connectivity index (χ1v) is 8.96. The topological polar surface area (TPSA) is 72.5 Å². The second-order valence-electron chi connectivity index (χ2n) is 7.51. The first kappa shape index (κ1) is 21.3. The van der Waals surface area contributed by atoms with Crippen molar-refractivity contribution in [1.82, 2.24) is 5.32 Å². The molecule has 5 nitrogen and oxygen atoms in total. The molecule has 0 saturated carbocycles. The van der Waals surface area contributed by atoms with Gasteiger partial charge in [-0.25, -0.2) is 4.39 Å². The molecule has 0 saturated heterocycles. The molecular formula is C22H24FNO4. The average Bonchev–Trinajstić information content (AvgIpc) is 2.65. The molecule has 0 fully saturated rings. The van der Waals surface area contributed by atoms with E-state index in [9.17, 15) is 18.8 Å². The molecule has 0 bridgehead atoms. The van der Waals surface area contributed by atoms with Crippen LogP contribution in [0.1, 0.15) is 54.0 Å². The van der Waals surface area contributed by atoms with Gasteiger partial charge in [-0.3, -0.25) is 14.4 Å². The molecule has 0 spiro atoms. The number of Topliss-reactive ketones (excluding diaryl/α,β-unsaturated/α-hetero) is 1. The molecule has 2 aromatic carbocycles. The maximum absolute atomic E-state index is 12.9. The fourth-order valence-electron chi connectivity index (χ4n) is 2.52. The first-order chi connectivity index (χ1) is 13.1. The van der Waals surface area contributed by atoms with Gasteiger partial charge >= 0.3 is 5.97 Å². The van der Waals surface area contributed by atoms with Crippen LogP contribution in [0, 0.1) is 5.82 Å². The van der Waals surface area contributed by atoms with E-state index in [-0.39, 0.29) is 17.5 Å². The molecule has 2 rings (SSSR count). The summed E-state index contributed by atoms with van der Waals surface area (Å²) in [5.41, 5.74) is 1.74. The van der Waals surface area contributed by atoms with Gasteiger partial charge in [0.15, 0.2) is 6.10 Å². The molecule has 0 aliphatic heterocycles. The zero-order chi connectivity index (χ0) is 20.9. The summed E-state index contributed by atoms with van der Waals surface area (Å²) in [5, 5.41) is 2.47. The number of amides is 1. The van der Waals surface area contributed by atoms with Gasteiger partial charge in [0.1, 0.15) is 12.4 Å². The van der Waals surface area contributed by atoms with E-state index in [0.29, 0.717) is 5.56 Å². The first-order valence-electron chi connectivity index (χ1n) is 8.96. The average molecular weight is 385 g/mol. The van der Waals surface area contributed by atoms with E-state index in [0.717, 1.165) is 17.7 Å². The van der Waals surface area contributed by atoms with Crippen molar-refractivity contribution in [2.45, 2.75) is 39.2 Å². The molecule has 0 radical (unpaired) electrons. The highest BCUT2D eigenvalue weighted by Crippen LogP contribution is 2.22. The minimum atomic E-state index is -1.04. The highest BCUT2D eigenvalue weighted by molar-refractivity contribution is 6.00. The van der Waals surface area contributed by atoms with Crippen LogP contribution in [-0.4, -0.2) is 30.3 Å². The van der Waals surface area contributed by atoms with Crippen molar-refractivity contribution in [2.75, 3.05) is 6.54 Å². The van der Waals surface area contributed by atoms with Crippen molar-refractivity contribution < 1.29 is 23.5 Å². The molecule has 1 N–H and O–H groups in total. The van der Waals surface area contributed by atoms with E-state index >= 15 is 0 Å². The van der Waals surface area contributed by atoms with Crippen LogP contribution in [0.15, 0.2) is 48.5 Å². The van der Waals surface area contributed by atoms with Crippen LogP contribution in [0.5, 0.6) is 0 Å². The zero-order valence-corrected chi connectivity index (χ0v) is 16.4. The zero-order valence-electron chi connectivity index (χ0n) is 16.4. The Morgan fingerprint density at radius 3 is 2.04 bits per heavy atom. The number of carbonyl (C=O) groups is 3. The minimum Gasteiger partial charge on any atom is -0.453 e.